The van der Waals surface area contributed by atoms with Gasteiger partial charge in [0.05, 0.1) is 16.1 Å². The lowest BCUT2D eigenvalue weighted by atomic mass is 10.1. The quantitative estimate of drug-likeness (QED) is 0.272. The summed E-state index contributed by atoms with van der Waals surface area (Å²) < 4.78 is 0. The highest BCUT2D eigenvalue weighted by atomic mass is 35.5. The first kappa shape index (κ1) is 30.9. The fourth-order valence-electron chi connectivity index (χ4n) is 3.70. The van der Waals surface area contributed by atoms with Crippen LogP contribution in [0.2, 0.25) is 46.3 Å². The first-order valence-electron chi connectivity index (χ1n) is 12.4. The van der Waals surface area contributed by atoms with Gasteiger partial charge in [0.1, 0.15) is 12.2 Å². The smallest absolute Gasteiger partial charge is 0.104 e. The van der Waals surface area contributed by atoms with Gasteiger partial charge in [-0.05, 0) is 55.9 Å². The van der Waals surface area contributed by atoms with E-state index in [4.69, 9.17) is 23.2 Å². The Balaban J connectivity index is 2.95. The molecule has 0 saturated heterocycles. The van der Waals surface area contributed by atoms with E-state index in [0.29, 0.717) is 10.0 Å². The zero-order chi connectivity index (χ0) is 27.7. The summed E-state index contributed by atoms with van der Waals surface area (Å²) in [5.74, 6) is 0. The topological polar surface area (TPSA) is 40.5 Å². The predicted octanol–water partition coefficient (Wildman–Crippen LogP) is 9.46. The molecular weight excluding hydrogens is 519 g/mol. The highest BCUT2D eigenvalue weighted by molar-refractivity contribution is 6.87. The Morgan fingerprint density at radius 1 is 0.611 bits per heavy atom. The molecule has 0 spiro atoms. The van der Waals surface area contributed by atoms with Gasteiger partial charge in [0.25, 0.3) is 0 Å². The molecule has 0 bridgehead atoms. The van der Waals surface area contributed by atoms with Gasteiger partial charge in [0, 0.05) is 10.0 Å². The number of halogens is 2. The molecule has 0 amide bonds. The van der Waals surface area contributed by atoms with Gasteiger partial charge in [-0.1, -0.05) is 127 Å². The molecular formula is C30H42Cl2O2Si2. The van der Waals surface area contributed by atoms with Gasteiger partial charge >= 0.3 is 0 Å². The van der Waals surface area contributed by atoms with E-state index in [-0.39, 0.29) is 10.1 Å². The largest absolute Gasteiger partial charge is 0.384 e. The van der Waals surface area contributed by atoms with Crippen LogP contribution < -0.4 is 0 Å². The summed E-state index contributed by atoms with van der Waals surface area (Å²) in [6.07, 6.45) is -1.66. The fraction of sp³-hybridized carbons (Fsp3) is 0.467. The van der Waals surface area contributed by atoms with E-state index in [1.165, 1.54) is 0 Å². The van der Waals surface area contributed by atoms with E-state index in [0.717, 1.165) is 21.5 Å². The number of aliphatic hydroxyl groups excluding tert-OH is 2. The lowest BCUT2D eigenvalue weighted by Gasteiger charge is -2.40. The van der Waals surface area contributed by atoms with Crippen molar-refractivity contribution in [3.8, 4) is 0 Å². The number of benzene rings is 2. The maximum absolute atomic E-state index is 11.6. The molecule has 36 heavy (non-hydrogen) atoms. The second kappa shape index (κ2) is 11.2. The van der Waals surface area contributed by atoms with Crippen molar-refractivity contribution in [2.45, 2.75) is 90.0 Å². The van der Waals surface area contributed by atoms with Crippen molar-refractivity contribution in [1.82, 2.24) is 0 Å². The summed E-state index contributed by atoms with van der Waals surface area (Å²) in [5.41, 5.74) is 8.51. The van der Waals surface area contributed by atoms with Gasteiger partial charge < -0.3 is 10.2 Å². The molecule has 0 saturated carbocycles. The summed E-state index contributed by atoms with van der Waals surface area (Å²) in [6, 6.07) is 14.7. The summed E-state index contributed by atoms with van der Waals surface area (Å²) in [5, 5.41) is 26.1. The summed E-state index contributed by atoms with van der Waals surface area (Å²) in [6.45, 7) is 22.4. The normalized spacial score (nSPS) is 14.5. The van der Waals surface area contributed by atoms with Crippen LogP contribution in [0.15, 0.2) is 70.4 Å². The van der Waals surface area contributed by atoms with Crippen molar-refractivity contribution in [1.29, 1.82) is 0 Å². The van der Waals surface area contributed by atoms with Crippen molar-refractivity contribution in [3.63, 3.8) is 0 Å². The standard InChI is InChI=1S/C30H42Cl2O2Si2/c1-29(2,3)35(7,8)25(27(33)21-11-15-23(31)16-12-21)19-20-26(36(9,10)30(4,5)6)28(34)22-13-17-24(32)18-14-22/h11-18,27-28,33-34H,1-10H3. The zero-order valence-electron chi connectivity index (χ0n) is 23.4. The number of aliphatic hydroxyl groups is 2. The van der Waals surface area contributed by atoms with Crippen LogP contribution in [0.25, 0.3) is 0 Å². The van der Waals surface area contributed by atoms with Crippen LogP contribution in [0.1, 0.15) is 64.9 Å². The molecule has 196 valence electrons. The number of hydrogen-bond acceptors (Lipinski definition) is 2. The van der Waals surface area contributed by atoms with Crippen LogP contribution in [0.3, 0.4) is 0 Å². The van der Waals surface area contributed by atoms with Gasteiger partial charge in [0.2, 0.25) is 0 Å². The Labute approximate surface area is 230 Å². The van der Waals surface area contributed by atoms with Crippen LogP contribution >= 0.6 is 23.2 Å². The fourth-order valence-corrected chi connectivity index (χ4v) is 8.02. The van der Waals surface area contributed by atoms with Crippen molar-refractivity contribution in [2.24, 2.45) is 0 Å². The summed E-state index contributed by atoms with van der Waals surface area (Å²) in [7, 11) is -4.45. The third kappa shape index (κ3) is 6.75. The average Bonchev–Trinajstić information content (AvgIpc) is 2.75. The van der Waals surface area contributed by atoms with Crippen LogP contribution in [0.4, 0.5) is 0 Å². The minimum atomic E-state index is -2.22. The van der Waals surface area contributed by atoms with E-state index < -0.39 is 28.4 Å². The summed E-state index contributed by atoms with van der Waals surface area (Å²) in [4.78, 5) is 0. The maximum Gasteiger partial charge on any atom is 0.104 e. The molecule has 2 aromatic carbocycles. The van der Waals surface area contributed by atoms with Crippen LogP contribution in [-0.2, 0) is 0 Å². The first-order valence-corrected chi connectivity index (χ1v) is 19.2. The van der Waals surface area contributed by atoms with Crippen molar-refractivity contribution in [3.05, 3.63) is 91.6 Å². The Morgan fingerprint density at radius 2 is 0.861 bits per heavy atom. The number of rotatable bonds is 6. The van der Waals surface area contributed by atoms with Crippen LogP contribution in [0.5, 0.6) is 0 Å². The molecule has 0 radical (unpaired) electrons. The first-order chi connectivity index (χ1) is 16.3. The van der Waals surface area contributed by atoms with Crippen molar-refractivity contribution in [2.75, 3.05) is 0 Å². The third-order valence-corrected chi connectivity index (χ3v) is 19.8. The second-order valence-electron chi connectivity index (χ2n) is 12.7. The Morgan fingerprint density at radius 3 is 1.08 bits per heavy atom. The molecule has 0 aliphatic rings. The highest BCUT2D eigenvalue weighted by Gasteiger charge is 2.43. The lowest BCUT2D eigenvalue weighted by Crippen LogP contribution is -2.42. The van der Waals surface area contributed by atoms with Crippen molar-refractivity contribution >= 4 is 39.3 Å². The van der Waals surface area contributed by atoms with Crippen LogP contribution in [0, 0.1) is 0 Å². The van der Waals surface area contributed by atoms with E-state index >= 15 is 0 Å². The van der Waals surface area contributed by atoms with Gasteiger partial charge in [-0.3, -0.25) is 0 Å². The molecule has 0 aliphatic heterocycles. The van der Waals surface area contributed by atoms with Gasteiger partial charge in [-0.25, -0.2) is 0 Å². The van der Waals surface area contributed by atoms with Gasteiger partial charge in [-0.2, -0.15) is 0 Å². The monoisotopic (exact) mass is 560 g/mol. The number of hydrogen-bond donors (Lipinski definition) is 2. The predicted molar refractivity (Wildman–Crippen MR) is 161 cm³/mol. The molecule has 0 aromatic heterocycles. The molecule has 2 nitrogen and oxygen atoms in total. The van der Waals surface area contributed by atoms with Crippen molar-refractivity contribution < 1.29 is 10.2 Å². The van der Waals surface area contributed by atoms with E-state index in [2.05, 4.69) is 79.2 Å². The third-order valence-electron chi connectivity index (χ3n) is 8.35. The van der Waals surface area contributed by atoms with Gasteiger partial charge in [-0.15, -0.1) is 0 Å². The summed E-state index contributed by atoms with van der Waals surface area (Å²) >= 11 is 12.2. The Hall–Kier alpha value is -1.33. The highest BCUT2D eigenvalue weighted by Crippen LogP contribution is 2.46. The SMILES string of the molecule is CC(C)(C)[Si](C)(C)C(=C=C=C(C(O)c1ccc(Cl)cc1)[Si](C)(C)C(C)(C)C)C(O)c1ccc(Cl)cc1. The average molecular weight is 562 g/mol. The molecule has 6 heteroatoms. The minimum absolute atomic E-state index is 0.0314. The molecule has 2 N–H and O–H groups in total. The zero-order valence-corrected chi connectivity index (χ0v) is 26.9. The van der Waals surface area contributed by atoms with Crippen LogP contribution in [-0.4, -0.2) is 26.4 Å². The molecule has 0 heterocycles. The Bertz CT molecular complexity index is 1060. The van der Waals surface area contributed by atoms with E-state index in [9.17, 15) is 10.2 Å². The lowest BCUT2D eigenvalue weighted by molar-refractivity contribution is 0.220. The van der Waals surface area contributed by atoms with E-state index in [1.54, 1.807) is 24.3 Å². The minimum Gasteiger partial charge on any atom is -0.384 e. The molecule has 2 unspecified atom stereocenters. The van der Waals surface area contributed by atoms with Gasteiger partial charge in [0.15, 0.2) is 0 Å². The van der Waals surface area contributed by atoms with E-state index in [1.807, 2.05) is 24.3 Å². The molecule has 0 aliphatic carbocycles. The molecule has 2 aromatic rings. The second-order valence-corrected chi connectivity index (χ2v) is 24.2. The molecule has 0 fully saturated rings. The molecule has 2 atom stereocenters. The Kier molecular flexibility index (Phi) is 9.61. The molecule has 2 rings (SSSR count). The maximum atomic E-state index is 11.6.